The molecule has 122 valence electrons. The Hall–Kier alpha value is -0.900. The van der Waals surface area contributed by atoms with Crippen LogP contribution in [0.5, 0.6) is 0 Å². The Kier molecular flexibility index (Phi) is 6.85. The van der Waals surface area contributed by atoms with Crippen LogP contribution < -0.4 is 5.32 Å². The first kappa shape index (κ1) is 18.1. The zero-order valence-electron chi connectivity index (χ0n) is 14.3. The quantitative estimate of drug-likeness (QED) is 0.820. The summed E-state index contributed by atoms with van der Waals surface area (Å²) in [6, 6.07) is -0.368. The summed E-state index contributed by atoms with van der Waals surface area (Å²) < 4.78 is 5.70. The summed E-state index contributed by atoms with van der Waals surface area (Å²) in [5.41, 5.74) is 0. The summed E-state index contributed by atoms with van der Waals surface area (Å²) in [4.78, 5) is 24.0. The Morgan fingerprint density at radius 2 is 1.67 bits per heavy atom. The Balaban J connectivity index is 2.56. The lowest BCUT2D eigenvalue weighted by molar-refractivity contribution is -0.130. The van der Waals surface area contributed by atoms with E-state index < -0.39 is 0 Å². The van der Waals surface area contributed by atoms with Gasteiger partial charge in [0.15, 0.2) is 5.78 Å². The first-order valence-corrected chi connectivity index (χ1v) is 8.16. The summed E-state index contributed by atoms with van der Waals surface area (Å²) in [5.74, 6) is 0.902. The lowest BCUT2D eigenvalue weighted by Crippen LogP contribution is -2.46. The largest absolute Gasteiger partial charge is 0.376 e. The van der Waals surface area contributed by atoms with Crippen LogP contribution in [0.3, 0.4) is 0 Å². The number of rotatable bonds is 6. The number of Topliss-reactive ketones (excluding diaryl/α,β-unsaturated/α-hetero) is 1. The average Bonchev–Trinajstić information content (AvgIpc) is 2.33. The molecule has 4 nitrogen and oxygen atoms in total. The second-order valence-corrected chi connectivity index (χ2v) is 7.06. The van der Waals surface area contributed by atoms with Crippen molar-refractivity contribution in [3.8, 4) is 0 Å². The molecule has 1 amide bonds. The van der Waals surface area contributed by atoms with Crippen molar-refractivity contribution in [1.82, 2.24) is 5.32 Å². The molecule has 1 N–H and O–H groups in total. The van der Waals surface area contributed by atoms with Gasteiger partial charge in [0.25, 0.3) is 0 Å². The molecule has 4 heteroatoms. The average molecular weight is 297 g/mol. The van der Waals surface area contributed by atoms with Crippen molar-refractivity contribution >= 4 is 11.7 Å². The summed E-state index contributed by atoms with van der Waals surface area (Å²) in [7, 11) is 0. The molecule has 0 aliphatic carbocycles. The number of ether oxygens (including phenoxy) is 1. The number of hydrogen-bond acceptors (Lipinski definition) is 3. The van der Waals surface area contributed by atoms with Gasteiger partial charge in [-0.25, -0.2) is 0 Å². The van der Waals surface area contributed by atoms with Crippen molar-refractivity contribution < 1.29 is 14.3 Å². The highest BCUT2D eigenvalue weighted by atomic mass is 16.5. The van der Waals surface area contributed by atoms with E-state index in [1.54, 1.807) is 6.92 Å². The minimum atomic E-state index is -0.368. The molecule has 4 atom stereocenters. The third kappa shape index (κ3) is 5.77. The molecule has 0 saturated carbocycles. The maximum Gasteiger partial charge on any atom is 0.220 e. The second-order valence-electron chi connectivity index (χ2n) is 7.06. The van der Waals surface area contributed by atoms with Gasteiger partial charge in [-0.05, 0) is 51.4 Å². The molecule has 0 aromatic heterocycles. The van der Waals surface area contributed by atoms with Crippen LogP contribution >= 0.6 is 0 Å². The van der Waals surface area contributed by atoms with Crippen LogP contribution in [0.15, 0.2) is 0 Å². The van der Waals surface area contributed by atoms with E-state index >= 15 is 0 Å². The van der Waals surface area contributed by atoms with Gasteiger partial charge in [0.05, 0.1) is 18.2 Å². The van der Waals surface area contributed by atoms with Crippen molar-refractivity contribution in [3.05, 3.63) is 0 Å². The molecule has 1 fully saturated rings. The van der Waals surface area contributed by atoms with Crippen molar-refractivity contribution in [1.29, 1.82) is 0 Å². The fourth-order valence-corrected chi connectivity index (χ4v) is 3.19. The fraction of sp³-hybridized carbons (Fsp3) is 0.882. The fourth-order valence-electron chi connectivity index (χ4n) is 3.19. The minimum absolute atomic E-state index is 0.00556. The maximum atomic E-state index is 12.3. The van der Waals surface area contributed by atoms with Crippen molar-refractivity contribution in [3.63, 3.8) is 0 Å². The van der Waals surface area contributed by atoms with Gasteiger partial charge >= 0.3 is 0 Å². The summed E-state index contributed by atoms with van der Waals surface area (Å²) in [6.45, 7) is 11.8. The van der Waals surface area contributed by atoms with Crippen molar-refractivity contribution in [2.24, 2.45) is 17.8 Å². The van der Waals surface area contributed by atoms with Crippen LogP contribution in [0.25, 0.3) is 0 Å². The maximum absolute atomic E-state index is 12.3. The van der Waals surface area contributed by atoms with E-state index in [1.807, 2.05) is 6.92 Å². The highest BCUT2D eigenvalue weighted by Crippen LogP contribution is 2.27. The molecule has 1 saturated heterocycles. The molecule has 21 heavy (non-hydrogen) atoms. The molecule has 4 unspecified atom stereocenters. The monoisotopic (exact) mass is 297 g/mol. The smallest absolute Gasteiger partial charge is 0.220 e. The summed E-state index contributed by atoms with van der Waals surface area (Å²) in [6.07, 6.45) is 2.76. The number of hydrogen-bond donors (Lipinski definition) is 1. The Morgan fingerprint density at radius 1 is 1.14 bits per heavy atom. The van der Waals surface area contributed by atoms with Gasteiger partial charge in [-0.1, -0.05) is 20.8 Å². The lowest BCUT2D eigenvalue weighted by atomic mass is 9.87. The molecule has 1 aliphatic heterocycles. The standard InChI is InChI=1S/C17H31NO3/c1-10(2)13(5)17(14(6)19)18-16(20)9-15-7-11(3)21-12(4)8-15/h10-13,15,17H,7-9H2,1-6H3,(H,18,20). The number of amides is 1. The summed E-state index contributed by atoms with van der Waals surface area (Å²) >= 11 is 0. The van der Waals surface area contributed by atoms with Crippen LogP contribution in [0, 0.1) is 17.8 Å². The van der Waals surface area contributed by atoms with Crippen molar-refractivity contribution in [2.45, 2.75) is 79.1 Å². The number of ketones is 1. The zero-order valence-corrected chi connectivity index (χ0v) is 14.3. The molecule has 0 aromatic rings. The van der Waals surface area contributed by atoms with E-state index in [4.69, 9.17) is 4.74 Å². The van der Waals surface area contributed by atoms with Crippen LogP contribution in [-0.4, -0.2) is 29.9 Å². The number of nitrogens with one attached hydrogen (secondary N) is 1. The molecule has 1 heterocycles. The Labute approximate surface area is 129 Å². The van der Waals surface area contributed by atoms with Gasteiger partial charge in [0, 0.05) is 6.42 Å². The topological polar surface area (TPSA) is 55.4 Å². The third-order valence-corrected chi connectivity index (χ3v) is 4.60. The van der Waals surface area contributed by atoms with E-state index in [9.17, 15) is 9.59 Å². The zero-order chi connectivity index (χ0) is 16.2. The molecule has 1 aliphatic rings. The number of carbonyl (C=O) groups is 2. The predicted molar refractivity (Wildman–Crippen MR) is 84.0 cm³/mol. The van der Waals surface area contributed by atoms with Crippen LogP contribution in [-0.2, 0) is 14.3 Å². The SMILES string of the molecule is CC(=O)C(NC(=O)CC1CC(C)OC(C)C1)C(C)C(C)C. The molecule has 0 spiro atoms. The van der Waals surface area contributed by atoms with Gasteiger partial charge in [-0.2, -0.15) is 0 Å². The van der Waals surface area contributed by atoms with E-state index in [2.05, 4.69) is 33.0 Å². The van der Waals surface area contributed by atoms with Crippen LogP contribution in [0.1, 0.15) is 60.8 Å². The summed E-state index contributed by atoms with van der Waals surface area (Å²) in [5, 5.41) is 2.95. The molecule has 1 rings (SSSR count). The van der Waals surface area contributed by atoms with Crippen molar-refractivity contribution in [2.75, 3.05) is 0 Å². The minimum Gasteiger partial charge on any atom is -0.376 e. The third-order valence-electron chi connectivity index (χ3n) is 4.60. The number of carbonyl (C=O) groups excluding carboxylic acids is 2. The Morgan fingerprint density at radius 3 is 2.10 bits per heavy atom. The first-order valence-electron chi connectivity index (χ1n) is 8.16. The van der Waals surface area contributed by atoms with Crippen LogP contribution in [0.2, 0.25) is 0 Å². The normalized spacial score (nSPS) is 29.0. The molecular formula is C17H31NO3. The first-order chi connectivity index (χ1) is 9.70. The highest BCUT2D eigenvalue weighted by molar-refractivity contribution is 5.87. The lowest BCUT2D eigenvalue weighted by Gasteiger charge is -2.32. The van der Waals surface area contributed by atoms with E-state index in [0.29, 0.717) is 18.3 Å². The molecular weight excluding hydrogens is 266 g/mol. The van der Waals surface area contributed by atoms with E-state index in [1.165, 1.54) is 0 Å². The van der Waals surface area contributed by atoms with Gasteiger partial charge in [-0.15, -0.1) is 0 Å². The molecule has 0 bridgehead atoms. The van der Waals surface area contributed by atoms with E-state index in [0.717, 1.165) is 12.8 Å². The van der Waals surface area contributed by atoms with Gasteiger partial charge in [-0.3, -0.25) is 9.59 Å². The van der Waals surface area contributed by atoms with Gasteiger partial charge in [0.2, 0.25) is 5.91 Å². The molecule has 0 aromatic carbocycles. The highest BCUT2D eigenvalue weighted by Gasteiger charge is 2.29. The Bertz CT molecular complexity index is 357. The van der Waals surface area contributed by atoms with Gasteiger partial charge in [0.1, 0.15) is 0 Å². The van der Waals surface area contributed by atoms with Crippen LogP contribution in [0.4, 0.5) is 0 Å². The molecule has 0 radical (unpaired) electrons. The second kappa shape index (κ2) is 7.92. The van der Waals surface area contributed by atoms with Gasteiger partial charge < -0.3 is 10.1 Å². The van der Waals surface area contributed by atoms with E-state index in [-0.39, 0.29) is 35.9 Å². The predicted octanol–water partition coefficient (Wildman–Crippen LogP) is 2.95.